The molecule has 0 saturated carbocycles. The monoisotopic (exact) mass is 328 g/mol. The number of carbonyl (C=O) groups excluding carboxylic acids is 1. The number of aliphatic imine (C=N–C) groups is 1. The Morgan fingerprint density at radius 2 is 1.64 bits per heavy atom. The lowest BCUT2D eigenvalue weighted by atomic mass is 10.1. The van der Waals surface area contributed by atoms with Gasteiger partial charge >= 0.3 is 0 Å². The lowest BCUT2D eigenvalue weighted by Gasteiger charge is -1.96. The number of aromatic hydroxyl groups is 1. The predicted octanol–water partition coefficient (Wildman–Crippen LogP) is 4.12. The summed E-state index contributed by atoms with van der Waals surface area (Å²) < 4.78 is 0. The number of hydrogen-bond acceptors (Lipinski definition) is 4. The van der Waals surface area contributed by atoms with Gasteiger partial charge in [-0.15, -0.1) is 22.7 Å². The summed E-state index contributed by atoms with van der Waals surface area (Å²) in [5.74, 6) is -0.291. The van der Waals surface area contributed by atoms with Crippen LogP contribution in [0.2, 0.25) is 0 Å². The first-order chi connectivity index (χ1) is 10.5. The van der Waals surface area contributed by atoms with Crippen molar-refractivity contribution in [3.63, 3.8) is 0 Å². The van der Waals surface area contributed by atoms with Crippen LogP contribution in [0.3, 0.4) is 0 Å². The molecule has 110 valence electrons. The topological polar surface area (TPSA) is 65.5 Å². The molecule has 0 aromatic carbocycles. The minimum absolute atomic E-state index is 0.00621. The molecule has 2 N–H and O–H groups in total. The standard InChI is InChI=1S/C16H12N2O2S2/c1-7-3-5-9(21-7)13-11-12(16(20)17-13)14(18-15(11)19)10-6-4-8(2)22-10/h3-6,17,20H,1-2H3. The van der Waals surface area contributed by atoms with Gasteiger partial charge in [0.1, 0.15) is 0 Å². The van der Waals surface area contributed by atoms with Gasteiger partial charge in [0.25, 0.3) is 5.91 Å². The fourth-order valence-corrected chi connectivity index (χ4v) is 4.38. The van der Waals surface area contributed by atoms with E-state index in [1.165, 1.54) is 0 Å². The first-order valence-corrected chi connectivity index (χ1v) is 8.40. The number of fused-ring (bicyclic) bond motifs is 1. The zero-order valence-electron chi connectivity index (χ0n) is 11.9. The summed E-state index contributed by atoms with van der Waals surface area (Å²) in [4.78, 5) is 23.6. The molecule has 0 spiro atoms. The lowest BCUT2D eigenvalue weighted by Crippen LogP contribution is -1.96. The van der Waals surface area contributed by atoms with Gasteiger partial charge in [-0.2, -0.15) is 0 Å². The van der Waals surface area contributed by atoms with Crippen LogP contribution in [0.25, 0.3) is 10.6 Å². The zero-order valence-corrected chi connectivity index (χ0v) is 13.6. The fraction of sp³-hybridized carbons (Fsp3) is 0.125. The Kier molecular flexibility index (Phi) is 2.85. The van der Waals surface area contributed by atoms with E-state index in [2.05, 4.69) is 9.98 Å². The summed E-state index contributed by atoms with van der Waals surface area (Å²) >= 11 is 3.14. The van der Waals surface area contributed by atoms with Crippen LogP contribution in [0.4, 0.5) is 0 Å². The highest BCUT2D eigenvalue weighted by atomic mass is 32.1. The van der Waals surface area contributed by atoms with Crippen molar-refractivity contribution in [1.82, 2.24) is 4.98 Å². The second kappa shape index (κ2) is 4.66. The molecular weight excluding hydrogens is 316 g/mol. The average molecular weight is 328 g/mol. The first-order valence-electron chi connectivity index (χ1n) is 6.76. The number of carbonyl (C=O) groups is 1. The van der Waals surface area contributed by atoms with Crippen molar-refractivity contribution in [2.45, 2.75) is 13.8 Å². The minimum Gasteiger partial charge on any atom is -0.494 e. The number of amides is 1. The molecule has 3 aromatic heterocycles. The molecular formula is C16H12N2O2S2. The van der Waals surface area contributed by atoms with Gasteiger partial charge in [0, 0.05) is 9.75 Å². The van der Waals surface area contributed by atoms with Crippen LogP contribution in [-0.2, 0) is 0 Å². The van der Waals surface area contributed by atoms with Crippen LogP contribution >= 0.6 is 22.7 Å². The number of nitrogens with zero attached hydrogens (tertiary/aromatic N) is 1. The van der Waals surface area contributed by atoms with E-state index >= 15 is 0 Å². The molecule has 0 bridgehead atoms. The largest absolute Gasteiger partial charge is 0.494 e. The number of thiophene rings is 2. The van der Waals surface area contributed by atoms with Crippen LogP contribution in [0.5, 0.6) is 5.88 Å². The van der Waals surface area contributed by atoms with Crippen molar-refractivity contribution in [2.24, 2.45) is 4.99 Å². The fourth-order valence-electron chi connectivity index (χ4n) is 2.64. The van der Waals surface area contributed by atoms with Crippen LogP contribution < -0.4 is 0 Å². The van der Waals surface area contributed by atoms with E-state index in [0.29, 0.717) is 22.5 Å². The highest BCUT2D eigenvalue weighted by molar-refractivity contribution is 7.15. The average Bonchev–Trinajstić information content (AvgIpc) is 3.19. The Bertz CT molecular complexity index is 943. The number of rotatable bonds is 2. The summed E-state index contributed by atoms with van der Waals surface area (Å²) in [5, 5.41) is 10.3. The first kappa shape index (κ1) is 13.5. The van der Waals surface area contributed by atoms with Crippen molar-refractivity contribution >= 4 is 34.3 Å². The molecule has 6 heteroatoms. The van der Waals surface area contributed by atoms with Gasteiger partial charge in [-0.3, -0.25) is 4.79 Å². The number of aromatic nitrogens is 1. The summed E-state index contributed by atoms with van der Waals surface area (Å²) in [6, 6.07) is 7.86. The van der Waals surface area contributed by atoms with Gasteiger partial charge in [-0.1, -0.05) is 0 Å². The number of nitrogens with one attached hydrogen (secondary N) is 1. The molecule has 4 nitrogen and oxygen atoms in total. The molecule has 0 fully saturated rings. The lowest BCUT2D eigenvalue weighted by molar-refractivity contribution is 0.101. The van der Waals surface area contributed by atoms with Crippen molar-refractivity contribution in [1.29, 1.82) is 0 Å². The van der Waals surface area contributed by atoms with Crippen LogP contribution in [0.15, 0.2) is 29.3 Å². The predicted molar refractivity (Wildman–Crippen MR) is 89.5 cm³/mol. The molecule has 1 aliphatic rings. The van der Waals surface area contributed by atoms with Crippen molar-refractivity contribution in [2.75, 3.05) is 0 Å². The third-order valence-corrected chi connectivity index (χ3v) is 5.63. The summed E-state index contributed by atoms with van der Waals surface area (Å²) in [7, 11) is 0. The molecule has 0 atom stereocenters. The second-order valence-corrected chi connectivity index (χ2v) is 7.76. The number of H-pyrrole nitrogens is 1. The van der Waals surface area contributed by atoms with E-state index in [9.17, 15) is 9.90 Å². The number of aryl methyl sites for hydroxylation is 2. The van der Waals surface area contributed by atoms with Crippen molar-refractivity contribution in [3.05, 3.63) is 50.0 Å². The third kappa shape index (κ3) is 1.88. The van der Waals surface area contributed by atoms with E-state index in [1.54, 1.807) is 22.7 Å². The highest BCUT2D eigenvalue weighted by Gasteiger charge is 2.34. The molecule has 0 unspecified atom stereocenters. The van der Waals surface area contributed by atoms with E-state index in [4.69, 9.17) is 0 Å². The van der Waals surface area contributed by atoms with E-state index in [0.717, 1.165) is 19.5 Å². The molecule has 1 aliphatic heterocycles. The summed E-state index contributed by atoms with van der Waals surface area (Å²) in [6.45, 7) is 4.01. The second-order valence-electron chi connectivity index (χ2n) is 5.18. The number of aromatic amines is 1. The third-order valence-electron chi connectivity index (χ3n) is 3.60. The Morgan fingerprint density at radius 1 is 1.00 bits per heavy atom. The molecule has 0 aliphatic carbocycles. The Hall–Kier alpha value is -2.18. The number of hydrogen-bond donors (Lipinski definition) is 2. The van der Waals surface area contributed by atoms with E-state index in [-0.39, 0.29) is 11.8 Å². The molecule has 3 aromatic rings. The Labute approximate surface area is 134 Å². The normalized spacial score (nSPS) is 13.5. The molecule has 4 heterocycles. The SMILES string of the molecule is Cc1ccc(C2=NC(=O)c3c(-c4ccc(C)s4)[nH]c(O)c32)s1. The quantitative estimate of drug-likeness (QED) is 0.743. The van der Waals surface area contributed by atoms with Crippen molar-refractivity contribution in [3.8, 4) is 16.5 Å². The highest BCUT2D eigenvalue weighted by Crippen LogP contribution is 2.40. The Morgan fingerprint density at radius 3 is 2.23 bits per heavy atom. The molecule has 22 heavy (non-hydrogen) atoms. The smallest absolute Gasteiger partial charge is 0.280 e. The maximum Gasteiger partial charge on any atom is 0.280 e. The molecule has 1 amide bonds. The van der Waals surface area contributed by atoms with Gasteiger partial charge in [0.2, 0.25) is 0 Å². The summed E-state index contributed by atoms with van der Waals surface area (Å²) in [5.41, 5.74) is 2.21. The minimum atomic E-state index is -0.298. The van der Waals surface area contributed by atoms with Crippen molar-refractivity contribution < 1.29 is 9.90 Å². The van der Waals surface area contributed by atoms with E-state index in [1.807, 2.05) is 38.1 Å². The summed E-state index contributed by atoms with van der Waals surface area (Å²) in [6.07, 6.45) is 0. The molecule has 0 saturated heterocycles. The van der Waals surface area contributed by atoms with Gasteiger partial charge in [-0.25, -0.2) is 4.99 Å². The van der Waals surface area contributed by atoms with Crippen LogP contribution in [0.1, 0.15) is 30.6 Å². The van der Waals surface area contributed by atoms with Gasteiger partial charge in [0.05, 0.1) is 32.3 Å². The zero-order chi connectivity index (χ0) is 15.4. The Balaban J connectivity index is 1.91. The van der Waals surface area contributed by atoms with Crippen LogP contribution in [-0.4, -0.2) is 21.7 Å². The maximum atomic E-state index is 12.4. The van der Waals surface area contributed by atoms with Crippen LogP contribution in [0, 0.1) is 13.8 Å². The van der Waals surface area contributed by atoms with Gasteiger partial charge < -0.3 is 10.1 Å². The molecule has 0 radical (unpaired) electrons. The molecule has 4 rings (SSSR count). The maximum absolute atomic E-state index is 12.4. The van der Waals surface area contributed by atoms with Gasteiger partial charge in [-0.05, 0) is 38.1 Å². The van der Waals surface area contributed by atoms with E-state index < -0.39 is 0 Å². The van der Waals surface area contributed by atoms with Gasteiger partial charge in [0.15, 0.2) is 5.88 Å².